The van der Waals surface area contributed by atoms with Gasteiger partial charge < -0.3 is 4.90 Å². The van der Waals surface area contributed by atoms with Gasteiger partial charge in [0.15, 0.2) is 5.69 Å². The van der Waals surface area contributed by atoms with Gasteiger partial charge in [0, 0.05) is 24.3 Å². The van der Waals surface area contributed by atoms with Crippen molar-refractivity contribution in [1.29, 1.82) is 0 Å². The molecule has 2 aliphatic rings. The highest BCUT2D eigenvalue weighted by molar-refractivity contribution is 5.94. The average Bonchev–Trinajstić information content (AvgIpc) is 2.57. The molecule has 4 heteroatoms. The zero-order chi connectivity index (χ0) is 11.1. The summed E-state index contributed by atoms with van der Waals surface area (Å²) in [5.74, 6) is 0.797. The van der Waals surface area contributed by atoms with Crippen molar-refractivity contribution >= 4 is 5.91 Å². The molecule has 1 aliphatic heterocycles. The Balaban J connectivity index is 1.90. The Morgan fingerprint density at radius 1 is 1.50 bits per heavy atom. The molecule has 0 bridgehead atoms. The van der Waals surface area contributed by atoms with E-state index < -0.39 is 0 Å². The van der Waals surface area contributed by atoms with Crippen molar-refractivity contribution in [2.75, 3.05) is 13.1 Å². The van der Waals surface area contributed by atoms with Gasteiger partial charge in [-0.15, -0.1) is 0 Å². The van der Waals surface area contributed by atoms with E-state index in [2.05, 4.69) is 17.1 Å². The quantitative estimate of drug-likeness (QED) is 0.775. The van der Waals surface area contributed by atoms with Crippen LogP contribution in [-0.2, 0) is 12.8 Å². The standard InChI is InChI=1S/C12H17N3O/c1-8-3-4-10-9(7-8)11(14-13-10)12(16)15-5-2-6-15/h8H,2-7H2,1H3,(H,13,14). The maximum Gasteiger partial charge on any atom is 0.274 e. The fourth-order valence-corrected chi connectivity index (χ4v) is 2.52. The van der Waals surface area contributed by atoms with Gasteiger partial charge in [0.1, 0.15) is 0 Å². The molecule has 1 saturated heterocycles. The monoisotopic (exact) mass is 219 g/mol. The zero-order valence-corrected chi connectivity index (χ0v) is 9.62. The van der Waals surface area contributed by atoms with Crippen molar-refractivity contribution in [3.63, 3.8) is 0 Å². The molecular weight excluding hydrogens is 202 g/mol. The summed E-state index contributed by atoms with van der Waals surface area (Å²) in [4.78, 5) is 14.0. The normalized spacial score (nSPS) is 23.8. The first kappa shape index (κ1) is 9.87. The van der Waals surface area contributed by atoms with Crippen LogP contribution < -0.4 is 0 Å². The molecule has 0 saturated carbocycles. The second-order valence-corrected chi connectivity index (χ2v) is 5.02. The average molecular weight is 219 g/mol. The number of H-pyrrole nitrogens is 1. The maximum absolute atomic E-state index is 12.1. The van der Waals surface area contributed by atoms with Crippen LogP contribution in [0.1, 0.15) is 41.5 Å². The molecule has 3 rings (SSSR count). The molecule has 1 aromatic rings. The minimum Gasteiger partial charge on any atom is -0.337 e. The van der Waals surface area contributed by atoms with Crippen molar-refractivity contribution in [2.24, 2.45) is 5.92 Å². The molecular formula is C12H17N3O. The molecule has 1 unspecified atom stereocenters. The van der Waals surface area contributed by atoms with Crippen LogP contribution in [0.3, 0.4) is 0 Å². The first-order valence-corrected chi connectivity index (χ1v) is 6.11. The fraction of sp³-hybridized carbons (Fsp3) is 0.667. The Hall–Kier alpha value is -1.32. The Labute approximate surface area is 95.0 Å². The topological polar surface area (TPSA) is 49.0 Å². The number of amides is 1. The van der Waals surface area contributed by atoms with E-state index in [4.69, 9.17) is 0 Å². The van der Waals surface area contributed by atoms with E-state index in [9.17, 15) is 4.79 Å². The minimum atomic E-state index is 0.123. The molecule has 0 aromatic carbocycles. The Kier molecular flexibility index (Phi) is 2.23. The second kappa shape index (κ2) is 3.61. The molecule has 1 N–H and O–H groups in total. The molecule has 1 aromatic heterocycles. The number of aromatic nitrogens is 2. The summed E-state index contributed by atoms with van der Waals surface area (Å²) in [6.45, 7) is 4.04. The molecule has 86 valence electrons. The second-order valence-electron chi connectivity index (χ2n) is 5.02. The highest BCUT2D eigenvalue weighted by Gasteiger charge is 2.29. The van der Waals surface area contributed by atoms with E-state index in [0.717, 1.165) is 32.4 Å². The van der Waals surface area contributed by atoms with Crippen LogP contribution in [0.2, 0.25) is 0 Å². The third-order valence-electron chi connectivity index (χ3n) is 3.74. The van der Waals surface area contributed by atoms with E-state index in [0.29, 0.717) is 11.6 Å². The van der Waals surface area contributed by atoms with Gasteiger partial charge in [-0.25, -0.2) is 0 Å². The number of carbonyl (C=O) groups excluding carboxylic acids is 1. The third-order valence-corrected chi connectivity index (χ3v) is 3.74. The van der Waals surface area contributed by atoms with Gasteiger partial charge in [-0.3, -0.25) is 9.89 Å². The summed E-state index contributed by atoms with van der Waals surface area (Å²) in [6.07, 6.45) is 4.37. The number of hydrogen-bond acceptors (Lipinski definition) is 2. The molecule has 0 radical (unpaired) electrons. The highest BCUT2D eigenvalue weighted by Crippen LogP contribution is 2.27. The Morgan fingerprint density at radius 2 is 2.31 bits per heavy atom. The van der Waals surface area contributed by atoms with Crippen LogP contribution in [0.15, 0.2) is 0 Å². The Morgan fingerprint density at radius 3 is 3.00 bits per heavy atom. The number of carbonyl (C=O) groups is 1. The first-order chi connectivity index (χ1) is 7.75. The third kappa shape index (κ3) is 1.44. The summed E-state index contributed by atoms with van der Waals surface area (Å²) in [5.41, 5.74) is 3.04. The minimum absolute atomic E-state index is 0.123. The lowest BCUT2D eigenvalue weighted by Crippen LogP contribution is -2.42. The number of hydrogen-bond donors (Lipinski definition) is 1. The van der Waals surface area contributed by atoms with E-state index >= 15 is 0 Å². The summed E-state index contributed by atoms with van der Waals surface area (Å²) in [7, 11) is 0. The highest BCUT2D eigenvalue weighted by atomic mass is 16.2. The molecule has 1 amide bonds. The molecule has 1 atom stereocenters. The molecule has 16 heavy (non-hydrogen) atoms. The van der Waals surface area contributed by atoms with Crippen LogP contribution >= 0.6 is 0 Å². The van der Waals surface area contributed by atoms with Gasteiger partial charge in [-0.1, -0.05) is 6.92 Å². The Bertz CT molecular complexity index is 420. The van der Waals surface area contributed by atoms with E-state index in [1.807, 2.05) is 4.90 Å². The van der Waals surface area contributed by atoms with Gasteiger partial charge in [0.25, 0.3) is 5.91 Å². The van der Waals surface area contributed by atoms with Gasteiger partial charge >= 0.3 is 0 Å². The number of likely N-dealkylation sites (tertiary alicyclic amines) is 1. The van der Waals surface area contributed by atoms with Crippen molar-refractivity contribution in [1.82, 2.24) is 15.1 Å². The van der Waals surface area contributed by atoms with Crippen LogP contribution in [0, 0.1) is 5.92 Å². The van der Waals surface area contributed by atoms with Gasteiger partial charge in [0.05, 0.1) is 0 Å². The van der Waals surface area contributed by atoms with Crippen LogP contribution in [0.5, 0.6) is 0 Å². The van der Waals surface area contributed by atoms with Crippen LogP contribution in [0.25, 0.3) is 0 Å². The van der Waals surface area contributed by atoms with E-state index in [-0.39, 0.29) is 5.91 Å². The van der Waals surface area contributed by atoms with Crippen LogP contribution in [0.4, 0.5) is 0 Å². The molecule has 0 spiro atoms. The summed E-state index contributed by atoms with van der Waals surface area (Å²) in [5, 5.41) is 7.25. The van der Waals surface area contributed by atoms with Crippen molar-refractivity contribution in [2.45, 2.75) is 32.6 Å². The van der Waals surface area contributed by atoms with Gasteiger partial charge in [-0.2, -0.15) is 5.10 Å². The van der Waals surface area contributed by atoms with Crippen molar-refractivity contribution in [3.8, 4) is 0 Å². The molecule has 4 nitrogen and oxygen atoms in total. The van der Waals surface area contributed by atoms with E-state index in [1.165, 1.54) is 17.7 Å². The summed E-state index contributed by atoms with van der Waals surface area (Å²) < 4.78 is 0. The molecule has 2 heterocycles. The number of aromatic amines is 1. The largest absolute Gasteiger partial charge is 0.337 e. The predicted octanol–water partition coefficient (Wildman–Crippen LogP) is 1.38. The van der Waals surface area contributed by atoms with Gasteiger partial charge in [-0.05, 0) is 31.6 Å². The van der Waals surface area contributed by atoms with Gasteiger partial charge in [0.2, 0.25) is 0 Å². The first-order valence-electron chi connectivity index (χ1n) is 6.11. The smallest absolute Gasteiger partial charge is 0.274 e. The number of aryl methyl sites for hydroxylation is 1. The number of nitrogens with one attached hydrogen (secondary N) is 1. The summed E-state index contributed by atoms with van der Waals surface area (Å²) in [6, 6.07) is 0. The van der Waals surface area contributed by atoms with E-state index in [1.54, 1.807) is 0 Å². The summed E-state index contributed by atoms with van der Waals surface area (Å²) >= 11 is 0. The lowest BCUT2D eigenvalue weighted by Gasteiger charge is -2.30. The number of fused-ring (bicyclic) bond motifs is 1. The number of nitrogens with zero attached hydrogens (tertiary/aromatic N) is 2. The fourth-order valence-electron chi connectivity index (χ4n) is 2.52. The zero-order valence-electron chi connectivity index (χ0n) is 9.62. The number of rotatable bonds is 1. The van der Waals surface area contributed by atoms with Crippen molar-refractivity contribution in [3.05, 3.63) is 17.0 Å². The SMILES string of the molecule is CC1CCc2[nH]nc(C(=O)N3CCC3)c2C1. The molecule has 1 aliphatic carbocycles. The molecule has 1 fully saturated rings. The predicted molar refractivity (Wildman–Crippen MR) is 60.3 cm³/mol. The maximum atomic E-state index is 12.1. The van der Waals surface area contributed by atoms with Crippen LogP contribution in [-0.4, -0.2) is 34.1 Å². The van der Waals surface area contributed by atoms with Crippen molar-refractivity contribution < 1.29 is 4.79 Å². The lowest BCUT2D eigenvalue weighted by molar-refractivity contribution is 0.0644. The lowest BCUT2D eigenvalue weighted by atomic mass is 9.87.